The fourth-order valence-electron chi connectivity index (χ4n) is 2.10. The molecule has 0 amide bonds. The van der Waals surface area contributed by atoms with Crippen LogP contribution in [0.5, 0.6) is 5.75 Å². The summed E-state index contributed by atoms with van der Waals surface area (Å²) in [6.45, 7) is 0. The molecule has 0 aliphatic heterocycles. The van der Waals surface area contributed by atoms with Crippen LogP contribution in [0.25, 0.3) is 22.3 Å². The van der Waals surface area contributed by atoms with Gasteiger partial charge < -0.3 is 15.5 Å². The van der Waals surface area contributed by atoms with Crippen LogP contribution < -0.4 is 16.0 Å². The molecular formula is C15H13N3O2. The molecule has 0 unspecified atom stereocenters. The Morgan fingerprint density at radius 1 is 1.20 bits per heavy atom. The van der Waals surface area contributed by atoms with E-state index in [0.29, 0.717) is 33.7 Å². The van der Waals surface area contributed by atoms with Gasteiger partial charge in [0.05, 0.1) is 18.0 Å². The van der Waals surface area contributed by atoms with E-state index in [1.165, 1.54) is 0 Å². The summed E-state index contributed by atoms with van der Waals surface area (Å²) in [5.74, 6) is 1.11. The fourth-order valence-corrected chi connectivity index (χ4v) is 2.10. The van der Waals surface area contributed by atoms with E-state index >= 15 is 0 Å². The highest BCUT2D eigenvalue weighted by Crippen LogP contribution is 2.27. The Balaban J connectivity index is 2.22. The van der Waals surface area contributed by atoms with Gasteiger partial charge in [-0.05, 0) is 24.3 Å². The summed E-state index contributed by atoms with van der Waals surface area (Å²) < 4.78 is 5.11. The topological polar surface area (TPSA) is 81.0 Å². The third kappa shape index (κ3) is 1.99. The molecule has 100 valence electrons. The maximum atomic E-state index is 12.0. The lowest BCUT2D eigenvalue weighted by Crippen LogP contribution is -2.10. The number of anilines is 1. The van der Waals surface area contributed by atoms with Gasteiger partial charge in [-0.1, -0.05) is 12.1 Å². The van der Waals surface area contributed by atoms with Gasteiger partial charge >= 0.3 is 0 Å². The molecule has 0 radical (unpaired) electrons. The third-order valence-corrected chi connectivity index (χ3v) is 3.13. The minimum absolute atomic E-state index is 0.180. The van der Waals surface area contributed by atoms with E-state index in [0.717, 1.165) is 0 Å². The van der Waals surface area contributed by atoms with Crippen molar-refractivity contribution < 1.29 is 4.74 Å². The molecule has 0 saturated carbocycles. The highest BCUT2D eigenvalue weighted by Gasteiger charge is 2.09. The minimum atomic E-state index is -0.180. The molecular weight excluding hydrogens is 254 g/mol. The van der Waals surface area contributed by atoms with Crippen LogP contribution in [0, 0.1) is 0 Å². The molecule has 2 aromatic carbocycles. The zero-order valence-corrected chi connectivity index (χ0v) is 10.9. The average molecular weight is 267 g/mol. The Hall–Kier alpha value is -2.82. The van der Waals surface area contributed by atoms with Crippen molar-refractivity contribution in [3.8, 4) is 17.1 Å². The maximum Gasteiger partial charge on any atom is 0.259 e. The van der Waals surface area contributed by atoms with Crippen molar-refractivity contribution >= 4 is 16.6 Å². The number of hydrogen-bond donors (Lipinski definition) is 2. The summed E-state index contributed by atoms with van der Waals surface area (Å²) >= 11 is 0. The second-order valence-corrected chi connectivity index (χ2v) is 4.38. The molecule has 1 aromatic heterocycles. The van der Waals surface area contributed by atoms with Crippen molar-refractivity contribution in [1.82, 2.24) is 9.97 Å². The molecule has 5 nitrogen and oxygen atoms in total. The summed E-state index contributed by atoms with van der Waals surface area (Å²) in [5.41, 5.74) is 7.62. The van der Waals surface area contributed by atoms with E-state index in [2.05, 4.69) is 9.97 Å². The fraction of sp³-hybridized carbons (Fsp3) is 0.0667. The van der Waals surface area contributed by atoms with Crippen LogP contribution in [0.2, 0.25) is 0 Å². The van der Waals surface area contributed by atoms with Crippen molar-refractivity contribution in [2.24, 2.45) is 0 Å². The first-order chi connectivity index (χ1) is 9.69. The predicted octanol–water partition coefficient (Wildman–Crippen LogP) is 2.18. The van der Waals surface area contributed by atoms with Gasteiger partial charge in [0.1, 0.15) is 11.6 Å². The zero-order valence-electron chi connectivity index (χ0n) is 10.9. The molecule has 0 saturated heterocycles. The van der Waals surface area contributed by atoms with Gasteiger partial charge in [-0.3, -0.25) is 4.79 Å². The Kier molecular flexibility index (Phi) is 2.87. The molecule has 5 heteroatoms. The SMILES string of the molecule is COc1ccc(-c2nc3ccccc3c(=O)[nH]2)c(N)c1. The summed E-state index contributed by atoms with van der Waals surface area (Å²) in [6, 6.07) is 12.4. The largest absolute Gasteiger partial charge is 0.497 e. The summed E-state index contributed by atoms with van der Waals surface area (Å²) in [6.07, 6.45) is 0. The van der Waals surface area contributed by atoms with Crippen molar-refractivity contribution in [2.45, 2.75) is 0 Å². The second-order valence-electron chi connectivity index (χ2n) is 4.38. The number of H-pyrrole nitrogens is 1. The van der Waals surface area contributed by atoms with Gasteiger partial charge in [0.15, 0.2) is 0 Å². The van der Waals surface area contributed by atoms with Crippen LogP contribution in [0.4, 0.5) is 5.69 Å². The van der Waals surface area contributed by atoms with E-state index in [-0.39, 0.29) is 5.56 Å². The van der Waals surface area contributed by atoms with Crippen LogP contribution in [-0.4, -0.2) is 17.1 Å². The van der Waals surface area contributed by atoms with Crippen LogP contribution in [0.1, 0.15) is 0 Å². The Morgan fingerprint density at radius 2 is 2.00 bits per heavy atom. The minimum Gasteiger partial charge on any atom is -0.497 e. The monoisotopic (exact) mass is 267 g/mol. The Morgan fingerprint density at radius 3 is 2.75 bits per heavy atom. The van der Waals surface area contributed by atoms with E-state index < -0.39 is 0 Å². The summed E-state index contributed by atoms with van der Waals surface area (Å²) in [7, 11) is 1.57. The number of ether oxygens (including phenoxy) is 1. The van der Waals surface area contributed by atoms with E-state index in [4.69, 9.17) is 10.5 Å². The van der Waals surface area contributed by atoms with Crippen LogP contribution in [0.3, 0.4) is 0 Å². The van der Waals surface area contributed by atoms with Gasteiger partial charge in [0.2, 0.25) is 0 Å². The van der Waals surface area contributed by atoms with Crippen molar-refractivity contribution in [3.05, 3.63) is 52.8 Å². The van der Waals surface area contributed by atoms with E-state index in [9.17, 15) is 4.79 Å². The number of methoxy groups -OCH3 is 1. The van der Waals surface area contributed by atoms with Gasteiger partial charge in [0, 0.05) is 17.3 Å². The Labute approximate surface area is 115 Å². The predicted molar refractivity (Wildman–Crippen MR) is 78.8 cm³/mol. The lowest BCUT2D eigenvalue weighted by atomic mass is 10.1. The number of para-hydroxylation sites is 1. The van der Waals surface area contributed by atoms with E-state index in [1.54, 1.807) is 43.5 Å². The lowest BCUT2D eigenvalue weighted by Gasteiger charge is -2.08. The van der Waals surface area contributed by atoms with Crippen LogP contribution in [-0.2, 0) is 0 Å². The second kappa shape index (κ2) is 4.70. The standard InChI is InChI=1S/C15H13N3O2/c1-20-9-6-7-10(12(16)8-9)14-17-13-5-3-2-4-11(13)15(19)18-14/h2-8H,16H2,1H3,(H,17,18,19). The number of benzene rings is 2. The molecule has 0 spiro atoms. The third-order valence-electron chi connectivity index (χ3n) is 3.13. The first kappa shape index (κ1) is 12.2. The van der Waals surface area contributed by atoms with E-state index in [1.807, 2.05) is 6.07 Å². The first-order valence-electron chi connectivity index (χ1n) is 6.12. The quantitative estimate of drug-likeness (QED) is 0.697. The number of nitrogen functional groups attached to an aromatic ring is 1. The van der Waals surface area contributed by atoms with Crippen molar-refractivity contribution in [3.63, 3.8) is 0 Å². The number of fused-ring (bicyclic) bond motifs is 1. The van der Waals surface area contributed by atoms with Gasteiger partial charge in [-0.15, -0.1) is 0 Å². The number of aromatic amines is 1. The van der Waals surface area contributed by atoms with Gasteiger partial charge in [0.25, 0.3) is 5.56 Å². The van der Waals surface area contributed by atoms with Crippen LogP contribution in [0.15, 0.2) is 47.3 Å². The molecule has 20 heavy (non-hydrogen) atoms. The number of aromatic nitrogens is 2. The van der Waals surface area contributed by atoms with Gasteiger partial charge in [-0.2, -0.15) is 0 Å². The molecule has 0 aliphatic rings. The summed E-state index contributed by atoms with van der Waals surface area (Å²) in [4.78, 5) is 19.2. The molecule has 0 atom stereocenters. The zero-order chi connectivity index (χ0) is 14.1. The number of nitrogens with zero attached hydrogens (tertiary/aromatic N) is 1. The first-order valence-corrected chi connectivity index (χ1v) is 6.12. The Bertz CT molecular complexity index is 840. The summed E-state index contributed by atoms with van der Waals surface area (Å²) in [5, 5.41) is 0.559. The molecule has 3 aromatic rings. The maximum absolute atomic E-state index is 12.0. The highest BCUT2D eigenvalue weighted by atomic mass is 16.5. The average Bonchev–Trinajstić information content (AvgIpc) is 2.47. The lowest BCUT2D eigenvalue weighted by molar-refractivity contribution is 0.415. The molecule has 1 heterocycles. The normalized spacial score (nSPS) is 10.7. The number of rotatable bonds is 2. The number of nitrogens with two attached hydrogens (primary N) is 1. The molecule has 0 aliphatic carbocycles. The molecule has 3 N–H and O–H groups in total. The number of nitrogens with one attached hydrogen (secondary N) is 1. The smallest absolute Gasteiger partial charge is 0.259 e. The van der Waals surface area contributed by atoms with Gasteiger partial charge in [-0.25, -0.2) is 4.98 Å². The van der Waals surface area contributed by atoms with Crippen LogP contribution >= 0.6 is 0 Å². The highest BCUT2D eigenvalue weighted by molar-refractivity contribution is 5.81. The number of hydrogen-bond acceptors (Lipinski definition) is 4. The molecule has 3 rings (SSSR count). The molecule has 0 bridgehead atoms. The van der Waals surface area contributed by atoms with Crippen molar-refractivity contribution in [2.75, 3.05) is 12.8 Å². The van der Waals surface area contributed by atoms with Crippen molar-refractivity contribution in [1.29, 1.82) is 0 Å². The molecule has 0 fully saturated rings.